The van der Waals surface area contributed by atoms with Crippen molar-refractivity contribution >= 4 is 5.91 Å². The van der Waals surface area contributed by atoms with Crippen LogP contribution >= 0.6 is 0 Å². The molecular weight excluding hydrogens is 358 g/mol. The Balaban J connectivity index is 1.96. The molecule has 7 heteroatoms. The predicted molar refractivity (Wildman–Crippen MR) is 106 cm³/mol. The fourth-order valence-corrected chi connectivity index (χ4v) is 2.71. The first-order valence-corrected chi connectivity index (χ1v) is 8.76. The normalized spacial score (nSPS) is 11.4. The molecule has 2 rings (SSSR count). The van der Waals surface area contributed by atoms with E-state index in [1.165, 1.54) is 7.11 Å². The summed E-state index contributed by atoms with van der Waals surface area (Å²) in [4.78, 5) is 14.3. The Morgan fingerprint density at radius 2 is 1.93 bits per heavy atom. The summed E-state index contributed by atoms with van der Waals surface area (Å²) < 4.78 is 16.0. The summed E-state index contributed by atoms with van der Waals surface area (Å²) in [7, 11) is 7.02. The van der Waals surface area contributed by atoms with Gasteiger partial charge in [-0.1, -0.05) is 12.1 Å². The number of rotatable bonds is 9. The highest BCUT2D eigenvalue weighted by molar-refractivity contribution is 5.77. The Morgan fingerprint density at radius 1 is 1.14 bits per heavy atom. The lowest BCUT2D eigenvalue weighted by molar-refractivity contribution is -0.123. The molecule has 0 saturated heterocycles. The molecule has 0 saturated carbocycles. The summed E-state index contributed by atoms with van der Waals surface area (Å²) in [6, 6.07) is 14.6. The van der Waals surface area contributed by atoms with Crippen LogP contribution in [0.1, 0.15) is 17.2 Å². The zero-order chi connectivity index (χ0) is 20.5. The van der Waals surface area contributed by atoms with Crippen molar-refractivity contribution in [3.63, 3.8) is 0 Å². The highest BCUT2D eigenvalue weighted by Crippen LogP contribution is 2.27. The van der Waals surface area contributed by atoms with Gasteiger partial charge in [0.1, 0.15) is 5.75 Å². The molecule has 0 heterocycles. The first kappa shape index (κ1) is 21.1. The maximum Gasteiger partial charge on any atom is 0.258 e. The molecule has 0 fully saturated rings. The fraction of sp³-hybridized carbons (Fsp3) is 0.333. The average Bonchev–Trinajstić information content (AvgIpc) is 2.72. The molecule has 1 unspecified atom stereocenters. The number of carbonyl (C=O) groups is 1. The maximum atomic E-state index is 12.2. The monoisotopic (exact) mass is 383 g/mol. The number of amides is 1. The average molecular weight is 383 g/mol. The summed E-state index contributed by atoms with van der Waals surface area (Å²) in [6.07, 6.45) is 0. The summed E-state index contributed by atoms with van der Waals surface area (Å²) in [5, 5.41) is 11.8. The number of nitriles is 1. The van der Waals surface area contributed by atoms with Crippen molar-refractivity contribution in [2.75, 3.05) is 41.5 Å². The van der Waals surface area contributed by atoms with E-state index in [0.29, 0.717) is 23.6 Å². The lowest BCUT2D eigenvalue weighted by atomic mass is 10.1. The summed E-state index contributed by atoms with van der Waals surface area (Å²) in [5.41, 5.74) is 1.50. The Morgan fingerprint density at radius 3 is 2.57 bits per heavy atom. The Hall–Kier alpha value is -3.24. The van der Waals surface area contributed by atoms with Crippen molar-refractivity contribution in [3.8, 4) is 23.3 Å². The van der Waals surface area contributed by atoms with Crippen molar-refractivity contribution in [2.45, 2.75) is 6.04 Å². The molecule has 28 heavy (non-hydrogen) atoms. The standard InChI is InChI=1S/C21H25N3O4/c1-24(2)18(16-6-5-7-17(11-16)26-3)13-23-21(25)14-28-19-9-8-15(12-22)10-20(19)27-4/h5-11,18H,13-14H2,1-4H3,(H,23,25). The number of likely N-dealkylation sites (N-methyl/N-ethyl adjacent to an activating group) is 1. The van der Waals surface area contributed by atoms with Crippen molar-refractivity contribution in [1.29, 1.82) is 5.26 Å². The van der Waals surface area contributed by atoms with Gasteiger partial charge in [0.2, 0.25) is 0 Å². The van der Waals surface area contributed by atoms with E-state index in [9.17, 15) is 4.79 Å². The van der Waals surface area contributed by atoms with E-state index in [4.69, 9.17) is 19.5 Å². The van der Waals surface area contributed by atoms with Crippen molar-refractivity contribution < 1.29 is 19.0 Å². The van der Waals surface area contributed by atoms with Gasteiger partial charge < -0.3 is 24.4 Å². The molecule has 0 aliphatic heterocycles. The van der Waals surface area contributed by atoms with Crippen LogP contribution in [0, 0.1) is 11.3 Å². The van der Waals surface area contributed by atoms with E-state index < -0.39 is 0 Å². The second-order valence-electron chi connectivity index (χ2n) is 6.33. The smallest absolute Gasteiger partial charge is 0.258 e. The second-order valence-corrected chi connectivity index (χ2v) is 6.33. The van der Waals surface area contributed by atoms with Gasteiger partial charge in [0.15, 0.2) is 18.1 Å². The topological polar surface area (TPSA) is 83.8 Å². The van der Waals surface area contributed by atoms with Gasteiger partial charge >= 0.3 is 0 Å². The van der Waals surface area contributed by atoms with Crippen LogP contribution in [0.25, 0.3) is 0 Å². The van der Waals surface area contributed by atoms with Crippen LogP contribution in [0.15, 0.2) is 42.5 Å². The third-order valence-electron chi connectivity index (χ3n) is 4.25. The first-order valence-electron chi connectivity index (χ1n) is 8.76. The molecule has 0 radical (unpaired) electrons. The van der Waals surface area contributed by atoms with Crippen molar-refractivity contribution in [3.05, 3.63) is 53.6 Å². The van der Waals surface area contributed by atoms with Gasteiger partial charge in [-0.2, -0.15) is 5.26 Å². The predicted octanol–water partition coefficient (Wildman–Crippen LogP) is 2.37. The van der Waals surface area contributed by atoms with Gasteiger partial charge in [0.05, 0.1) is 31.9 Å². The number of ether oxygens (including phenoxy) is 3. The minimum Gasteiger partial charge on any atom is -0.497 e. The van der Waals surface area contributed by atoms with E-state index in [1.807, 2.05) is 49.3 Å². The molecule has 0 bridgehead atoms. The molecule has 2 aromatic rings. The second kappa shape index (κ2) is 10.2. The molecule has 1 N–H and O–H groups in total. The van der Waals surface area contributed by atoms with Crippen LogP contribution in [-0.4, -0.2) is 52.3 Å². The molecule has 1 amide bonds. The quantitative estimate of drug-likeness (QED) is 0.716. The van der Waals surface area contributed by atoms with E-state index in [0.717, 1.165) is 11.3 Å². The Labute approximate surface area is 165 Å². The van der Waals surface area contributed by atoms with E-state index in [2.05, 4.69) is 5.32 Å². The van der Waals surface area contributed by atoms with Crippen LogP contribution in [0.5, 0.6) is 17.2 Å². The largest absolute Gasteiger partial charge is 0.497 e. The first-order chi connectivity index (χ1) is 13.5. The highest BCUT2D eigenvalue weighted by atomic mass is 16.5. The van der Waals surface area contributed by atoms with Gasteiger partial charge in [0.25, 0.3) is 5.91 Å². The molecule has 7 nitrogen and oxygen atoms in total. The molecule has 0 aliphatic rings. The molecule has 0 aliphatic carbocycles. The number of methoxy groups -OCH3 is 2. The lowest BCUT2D eigenvalue weighted by Crippen LogP contribution is -2.36. The minimum absolute atomic E-state index is 0.0106. The molecule has 2 aromatic carbocycles. The third-order valence-corrected chi connectivity index (χ3v) is 4.25. The molecule has 0 spiro atoms. The summed E-state index contributed by atoms with van der Waals surface area (Å²) in [6.45, 7) is 0.271. The molecule has 0 aromatic heterocycles. The van der Waals surface area contributed by atoms with Crippen LogP contribution in [-0.2, 0) is 4.79 Å². The van der Waals surface area contributed by atoms with Crippen molar-refractivity contribution in [1.82, 2.24) is 10.2 Å². The zero-order valence-corrected chi connectivity index (χ0v) is 16.6. The SMILES string of the molecule is COc1cccc(C(CNC(=O)COc2ccc(C#N)cc2OC)N(C)C)c1. The number of hydrogen-bond donors (Lipinski definition) is 1. The van der Waals surface area contributed by atoms with Gasteiger partial charge in [-0.05, 0) is 43.9 Å². The van der Waals surface area contributed by atoms with E-state index >= 15 is 0 Å². The summed E-state index contributed by atoms with van der Waals surface area (Å²) >= 11 is 0. The maximum absolute atomic E-state index is 12.2. The third kappa shape index (κ3) is 5.63. The number of carbonyl (C=O) groups excluding carboxylic acids is 1. The fourth-order valence-electron chi connectivity index (χ4n) is 2.71. The lowest BCUT2D eigenvalue weighted by Gasteiger charge is -2.25. The molecule has 148 valence electrons. The van der Waals surface area contributed by atoms with Crippen LogP contribution < -0.4 is 19.5 Å². The number of hydrogen-bond acceptors (Lipinski definition) is 6. The van der Waals surface area contributed by atoms with E-state index in [1.54, 1.807) is 25.3 Å². The van der Waals surface area contributed by atoms with Crippen LogP contribution in [0.4, 0.5) is 0 Å². The van der Waals surface area contributed by atoms with Crippen molar-refractivity contribution in [2.24, 2.45) is 0 Å². The summed E-state index contributed by atoms with van der Waals surface area (Å²) in [5.74, 6) is 1.34. The number of nitrogens with one attached hydrogen (secondary N) is 1. The molecular formula is C21H25N3O4. The Bertz CT molecular complexity index is 846. The Kier molecular flexibility index (Phi) is 7.66. The van der Waals surface area contributed by atoms with Gasteiger partial charge in [-0.3, -0.25) is 4.79 Å². The minimum atomic E-state index is -0.249. The van der Waals surface area contributed by atoms with Gasteiger partial charge in [-0.25, -0.2) is 0 Å². The number of benzene rings is 2. The van der Waals surface area contributed by atoms with Crippen LogP contribution in [0.3, 0.4) is 0 Å². The number of nitrogens with zero attached hydrogens (tertiary/aromatic N) is 2. The van der Waals surface area contributed by atoms with E-state index in [-0.39, 0.29) is 18.6 Å². The van der Waals surface area contributed by atoms with Gasteiger partial charge in [0, 0.05) is 12.6 Å². The zero-order valence-electron chi connectivity index (χ0n) is 16.6. The molecule has 1 atom stereocenters. The highest BCUT2D eigenvalue weighted by Gasteiger charge is 2.16. The van der Waals surface area contributed by atoms with Crippen LogP contribution in [0.2, 0.25) is 0 Å². The van der Waals surface area contributed by atoms with Gasteiger partial charge in [-0.15, -0.1) is 0 Å².